The van der Waals surface area contributed by atoms with Crippen LogP contribution in [-0.2, 0) is 19.1 Å². The van der Waals surface area contributed by atoms with Gasteiger partial charge in [-0.1, -0.05) is 6.92 Å². The first-order chi connectivity index (χ1) is 10.1. The number of carbonyl (C=O) groups excluding carboxylic acids is 2. The summed E-state index contributed by atoms with van der Waals surface area (Å²) in [4.78, 5) is 25.6. The minimum Gasteiger partial charge on any atom is -0.385 e. The number of methoxy groups -OCH3 is 1. The zero-order valence-electron chi connectivity index (χ0n) is 13.2. The van der Waals surface area contributed by atoms with Gasteiger partial charge in [0.25, 0.3) is 0 Å². The van der Waals surface area contributed by atoms with Crippen molar-refractivity contribution >= 4 is 11.8 Å². The summed E-state index contributed by atoms with van der Waals surface area (Å²) in [6.45, 7) is 4.98. The molecule has 0 spiro atoms. The molecule has 0 aromatic carbocycles. The van der Waals surface area contributed by atoms with Gasteiger partial charge in [-0.15, -0.1) is 0 Å². The largest absolute Gasteiger partial charge is 0.385 e. The van der Waals surface area contributed by atoms with Gasteiger partial charge in [0, 0.05) is 33.4 Å². The Morgan fingerprint density at radius 1 is 1.38 bits per heavy atom. The highest BCUT2D eigenvalue weighted by Gasteiger charge is 2.35. The van der Waals surface area contributed by atoms with Crippen LogP contribution in [0.3, 0.4) is 0 Å². The van der Waals surface area contributed by atoms with Gasteiger partial charge in [-0.25, -0.2) is 0 Å². The van der Waals surface area contributed by atoms with Crippen LogP contribution in [0.25, 0.3) is 0 Å². The van der Waals surface area contributed by atoms with Gasteiger partial charge in [-0.05, 0) is 13.0 Å². The van der Waals surface area contributed by atoms with Crippen molar-refractivity contribution in [2.75, 3.05) is 53.6 Å². The molecule has 1 heterocycles. The van der Waals surface area contributed by atoms with Gasteiger partial charge in [-0.2, -0.15) is 0 Å². The maximum Gasteiger partial charge on any atom is 0.239 e. The minimum absolute atomic E-state index is 0.0368. The molecule has 0 aliphatic carbocycles. The Bertz CT molecular complexity index is 338. The molecule has 1 fully saturated rings. The van der Waals surface area contributed by atoms with Gasteiger partial charge in [0.2, 0.25) is 11.8 Å². The fraction of sp³-hybridized carbons (Fsp3) is 0.857. The summed E-state index contributed by atoms with van der Waals surface area (Å²) in [5, 5.41) is 6.02. The molecule has 122 valence electrons. The number of nitrogens with zero attached hydrogens (tertiary/aromatic N) is 1. The predicted molar refractivity (Wildman–Crippen MR) is 78.9 cm³/mol. The molecule has 0 radical (unpaired) electrons. The lowest BCUT2D eigenvalue weighted by molar-refractivity contribution is -0.138. The zero-order valence-corrected chi connectivity index (χ0v) is 13.2. The standard InChI is InChI=1S/C14H27N3O4/c1-4-15-12-10-21-9-11(12)14(19)17(2)8-13(18)16-6-5-7-20-3/h11-12,15H,4-10H2,1-3H3,(H,16,18). The Hall–Kier alpha value is -1.18. The van der Waals surface area contributed by atoms with E-state index in [1.165, 1.54) is 4.90 Å². The summed E-state index contributed by atoms with van der Waals surface area (Å²) >= 11 is 0. The van der Waals surface area contributed by atoms with E-state index < -0.39 is 0 Å². The van der Waals surface area contributed by atoms with Crippen molar-refractivity contribution < 1.29 is 19.1 Å². The van der Waals surface area contributed by atoms with E-state index >= 15 is 0 Å². The maximum absolute atomic E-state index is 12.3. The molecule has 7 heteroatoms. The summed E-state index contributed by atoms with van der Waals surface area (Å²) < 4.78 is 10.3. The van der Waals surface area contributed by atoms with Crippen molar-refractivity contribution in [1.82, 2.24) is 15.5 Å². The van der Waals surface area contributed by atoms with E-state index in [1.807, 2.05) is 6.92 Å². The lowest BCUT2D eigenvalue weighted by Gasteiger charge is -2.23. The van der Waals surface area contributed by atoms with Gasteiger partial charge in [0.1, 0.15) is 0 Å². The van der Waals surface area contributed by atoms with Crippen LogP contribution < -0.4 is 10.6 Å². The highest BCUT2D eigenvalue weighted by molar-refractivity contribution is 5.86. The van der Waals surface area contributed by atoms with Crippen molar-refractivity contribution in [2.45, 2.75) is 19.4 Å². The Kier molecular flexibility index (Phi) is 8.26. The number of hydrogen-bond acceptors (Lipinski definition) is 5. The average Bonchev–Trinajstić information content (AvgIpc) is 2.91. The van der Waals surface area contributed by atoms with Gasteiger partial charge in [0.05, 0.1) is 25.7 Å². The second-order valence-corrected chi connectivity index (χ2v) is 5.20. The Morgan fingerprint density at radius 2 is 2.14 bits per heavy atom. The van der Waals surface area contributed by atoms with Gasteiger partial charge >= 0.3 is 0 Å². The smallest absolute Gasteiger partial charge is 0.239 e. The van der Waals surface area contributed by atoms with Crippen molar-refractivity contribution in [2.24, 2.45) is 5.92 Å². The molecular weight excluding hydrogens is 274 g/mol. The van der Waals surface area contributed by atoms with Crippen molar-refractivity contribution in [3.63, 3.8) is 0 Å². The van der Waals surface area contributed by atoms with E-state index in [4.69, 9.17) is 9.47 Å². The van der Waals surface area contributed by atoms with Gasteiger partial charge in [0.15, 0.2) is 0 Å². The molecule has 7 nitrogen and oxygen atoms in total. The molecule has 21 heavy (non-hydrogen) atoms. The summed E-state index contributed by atoms with van der Waals surface area (Å²) in [6.07, 6.45) is 0.763. The van der Waals surface area contributed by atoms with E-state index in [2.05, 4.69) is 10.6 Å². The number of amides is 2. The Morgan fingerprint density at radius 3 is 2.81 bits per heavy atom. The molecule has 2 atom stereocenters. The molecule has 0 saturated carbocycles. The molecule has 2 N–H and O–H groups in total. The first-order valence-electron chi connectivity index (χ1n) is 7.41. The fourth-order valence-corrected chi connectivity index (χ4v) is 2.34. The Labute approximate surface area is 126 Å². The molecule has 0 aromatic heterocycles. The van der Waals surface area contributed by atoms with Crippen LogP contribution in [0.4, 0.5) is 0 Å². The Balaban J connectivity index is 2.34. The van der Waals surface area contributed by atoms with Crippen LogP contribution in [0, 0.1) is 5.92 Å². The summed E-state index contributed by atoms with van der Waals surface area (Å²) in [5.74, 6) is -0.414. The third-order valence-electron chi connectivity index (χ3n) is 3.47. The van der Waals surface area contributed by atoms with Crippen molar-refractivity contribution in [3.8, 4) is 0 Å². The molecule has 2 amide bonds. The second-order valence-electron chi connectivity index (χ2n) is 5.20. The van der Waals surface area contributed by atoms with Crippen LogP contribution in [0.1, 0.15) is 13.3 Å². The van der Waals surface area contributed by atoms with Gasteiger partial charge < -0.3 is 25.0 Å². The number of hydrogen-bond donors (Lipinski definition) is 2. The third-order valence-corrected chi connectivity index (χ3v) is 3.47. The maximum atomic E-state index is 12.3. The normalized spacial score (nSPS) is 21.3. The highest BCUT2D eigenvalue weighted by Crippen LogP contribution is 2.16. The zero-order chi connectivity index (χ0) is 15.7. The van der Waals surface area contributed by atoms with Crippen LogP contribution in [0.15, 0.2) is 0 Å². The predicted octanol–water partition coefficient (Wildman–Crippen LogP) is -0.778. The third kappa shape index (κ3) is 5.99. The second kappa shape index (κ2) is 9.70. The van der Waals surface area contributed by atoms with Crippen LogP contribution >= 0.6 is 0 Å². The van der Waals surface area contributed by atoms with Crippen molar-refractivity contribution in [1.29, 1.82) is 0 Å². The first kappa shape index (κ1) is 17.9. The summed E-state index contributed by atoms with van der Waals surface area (Å²) in [6, 6.07) is 0.0368. The number of ether oxygens (including phenoxy) is 2. The first-order valence-corrected chi connectivity index (χ1v) is 7.41. The molecular formula is C14H27N3O4. The quantitative estimate of drug-likeness (QED) is 0.546. The van der Waals surface area contributed by atoms with Crippen LogP contribution in [0.5, 0.6) is 0 Å². The minimum atomic E-state index is -0.212. The molecule has 1 rings (SSSR count). The molecule has 0 bridgehead atoms. The van der Waals surface area contributed by atoms with Crippen LogP contribution in [0.2, 0.25) is 0 Å². The molecule has 1 saturated heterocycles. The van der Waals surface area contributed by atoms with Gasteiger partial charge in [-0.3, -0.25) is 9.59 Å². The summed E-state index contributed by atoms with van der Waals surface area (Å²) in [5.41, 5.74) is 0. The average molecular weight is 301 g/mol. The molecule has 1 aliphatic rings. The summed E-state index contributed by atoms with van der Waals surface area (Å²) in [7, 11) is 3.27. The molecule has 1 aliphatic heterocycles. The number of likely N-dealkylation sites (N-methyl/N-ethyl adjacent to an activating group) is 2. The van der Waals surface area contributed by atoms with E-state index in [0.29, 0.717) is 26.4 Å². The lowest BCUT2D eigenvalue weighted by Crippen LogP contribution is -2.47. The SMILES string of the molecule is CCNC1COCC1C(=O)N(C)CC(=O)NCCCOC. The molecule has 2 unspecified atom stereocenters. The van der Waals surface area contributed by atoms with E-state index in [0.717, 1.165) is 13.0 Å². The topological polar surface area (TPSA) is 79.9 Å². The number of carbonyl (C=O) groups is 2. The van der Waals surface area contributed by atoms with Crippen LogP contribution in [-0.4, -0.2) is 76.4 Å². The van der Waals surface area contributed by atoms with E-state index in [9.17, 15) is 9.59 Å². The number of rotatable bonds is 9. The fourth-order valence-electron chi connectivity index (χ4n) is 2.34. The van der Waals surface area contributed by atoms with E-state index in [1.54, 1.807) is 14.2 Å². The highest BCUT2D eigenvalue weighted by atomic mass is 16.5. The van der Waals surface area contributed by atoms with E-state index in [-0.39, 0.29) is 30.3 Å². The monoisotopic (exact) mass is 301 g/mol. The van der Waals surface area contributed by atoms with Crippen molar-refractivity contribution in [3.05, 3.63) is 0 Å². The lowest BCUT2D eigenvalue weighted by atomic mass is 10.0. The molecule has 0 aromatic rings. The number of nitrogens with one attached hydrogen (secondary N) is 2.